The Bertz CT molecular complexity index is 1130. The minimum absolute atomic E-state index is 0. The molecule has 0 spiro atoms. The molecule has 4 aromatic rings. The van der Waals surface area contributed by atoms with Crippen LogP contribution in [0, 0.1) is 13.8 Å². The fourth-order valence-electron chi connectivity index (χ4n) is 3.09. The van der Waals surface area contributed by atoms with E-state index in [1.807, 2.05) is 34.4 Å². The number of thiazole rings is 1. The lowest BCUT2D eigenvalue weighted by Gasteiger charge is -2.18. The molecule has 8 heteroatoms. The third-order valence-corrected chi connectivity index (χ3v) is 6.74. The smallest absolute Gasteiger partial charge is 0.252 e. The number of carbonyl (C=O) groups is 1. The van der Waals surface area contributed by atoms with E-state index >= 15 is 0 Å². The van der Waals surface area contributed by atoms with Gasteiger partial charge in [-0.2, -0.15) is 0 Å². The number of carbonyl (C=O) groups excluding carboxylic acids is 1. The summed E-state index contributed by atoms with van der Waals surface area (Å²) in [5, 5.41) is 2.76. The summed E-state index contributed by atoms with van der Waals surface area (Å²) in [5.41, 5.74) is 3.37. The molecule has 4 rings (SSSR count). The first-order chi connectivity index (χ1) is 14.1. The number of thiophene rings is 1. The van der Waals surface area contributed by atoms with Crippen LogP contribution >= 0.6 is 35.1 Å². The van der Waals surface area contributed by atoms with Crippen molar-refractivity contribution in [3.63, 3.8) is 0 Å². The standard InChI is InChI=1S/C22H22N4OS2.ClH/c1-16-6-8-19-21(17(16)2)24-22(29-19)26(12-4-11-25-13-10-23-15-25)20(27)9-7-18-5-3-14-28-18;/h3,5-10,13-15H,4,11-12H2,1-2H3;1H/b9-7+;. The molecule has 0 bridgehead atoms. The van der Waals surface area contributed by atoms with Gasteiger partial charge in [-0.05, 0) is 55.0 Å². The summed E-state index contributed by atoms with van der Waals surface area (Å²) in [6.45, 7) is 5.58. The normalized spacial score (nSPS) is 11.1. The summed E-state index contributed by atoms with van der Waals surface area (Å²) >= 11 is 3.19. The molecule has 0 aliphatic carbocycles. The number of amides is 1. The molecule has 0 atom stereocenters. The van der Waals surface area contributed by atoms with E-state index in [2.05, 4.69) is 31.0 Å². The number of nitrogens with zero attached hydrogens (tertiary/aromatic N) is 4. The van der Waals surface area contributed by atoms with E-state index in [1.165, 1.54) is 11.1 Å². The molecule has 30 heavy (non-hydrogen) atoms. The molecule has 0 saturated heterocycles. The van der Waals surface area contributed by atoms with Crippen LogP contribution in [0.5, 0.6) is 0 Å². The van der Waals surface area contributed by atoms with Crippen LogP contribution in [0.4, 0.5) is 5.13 Å². The second-order valence-electron chi connectivity index (χ2n) is 6.84. The number of halogens is 1. The minimum atomic E-state index is -0.0440. The van der Waals surface area contributed by atoms with Crippen LogP contribution < -0.4 is 4.90 Å². The lowest BCUT2D eigenvalue weighted by molar-refractivity contribution is -0.114. The Morgan fingerprint density at radius 2 is 2.13 bits per heavy atom. The highest BCUT2D eigenvalue weighted by atomic mass is 35.5. The van der Waals surface area contributed by atoms with Gasteiger partial charge in [0.05, 0.1) is 16.5 Å². The van der Waals surface area contributed by atoms with Crippen LogP contribution in [0.2, 0.25) is 0 Å². The van der Waals surface area contributed by atoms with E-state index in [-0.39, 0.29) is 18.3 Å². The Hall–Kier alpha value is -2.48. The van der Waals surface area contributed by atoms with Crippen LogP contribution in [0.15, 0.2) is 54.4 Å². The SMILES string of the molecule is Cc1ccc2sc(N(CCCn3ccnc3)C(=O)/C=C/c3cccs3)nc2c1C.Cl. The van der Waals surface area contributed by atoms with Crippen molar-refractivity contribution in [1.29, 1.82) is 0 Å². The maximum Gasteiger partial charge on any atom is 0.252 e. The van der Waals surface area contributed by atoms with Gasteiger partial charge in [-0.25, -0.2) is 9.97 Å². The number of anilines is 1. The minimum Gasteiger partial charge on any atom is -0.337 e. The summed E-state index contributed by atoms with van der Waals surface area (Å²) in [5.74, 6) is -0.0440. The van der Waals surface area contributed by atoms with Gasteiger partial charge in [0.15, 0.2) is 5.13 Å². The topological polar surface area (TPSA) is 51.0 Å². The van der Waals surface area contributed by atoms with Gasteiger partial charge in [0.25, 0.3) is 5.91 Å². The van der Waals surface area contributed by atoms with Crippen molar-refractivity contribution < 1.29 is 4.79 Å². The highest BCUT2D eigenvalue weighted by molar-refractivity contribution is 7.22. The van der Waals surface area contributed by atoms with E-state index in [9.17, 15) is 4.79 Å². The monoisotopic (exact) mass is 458 g/mol. The zero-order valence-electron chi connectivity index (χ0n) is 16.8. The Morgan fingerprint density at radius 1 is 1.27 bits per heavy atom. The summed E-state index contributed by atoms with van der Waals surface area (Å²) < 4.78 is 3.13. The van der Waals surface area contributed by atoms with Gasteiger partial charge in [-0.15, -0.1) is 23.7 Å². The van der Waals surface area contributed by atoms with Crippen molar-refractivity contribution >= 4 is 62.4 Å². The molecular weight excluding hydrogens is 436 g/mol. The molecule has 0 N–H and O–H groups in total. The first-order valence-electron chi connectivity index (χ1n) is 9.47. The molecule has 0 radical (unpaired) electrons. The zero-order valence-corrected chi connectivity index (χ0v) is 19.3. The number of hydrogen-bond acceptors (Lipinski definition) is 5. The summed E-state index contributed by atoms with van der Waals surface area (Å²) in [7, 11) is 0. The van der Waals surface area contributed by atoms with Crippen LogP contribution in [0.25, 0.3) is 16.3 Å². The Balaban J connectivity index is 0.00000256. The van der Waals surface area contributed by atoms with Gasteiger partial charge in [-0.3, -0.25) is 9.69 Å². The van der Waals surface area contributed by atoms with Gasteiger partial charge >= 0.3 is 0 Å². The van der Waals surface area contributed by atoms with E-state index in [4.69, 9.17) is 4.98 Å². The Kier molecular flexibility index (Phi) is 7.42. The van der Waals surface area contributed by atoms with Gasteiger partial charge in [0.2, 0.25) is 0 Å². The number of aryl methyl sites for hydroxylation is 3. The second kappa shape index (κ2) is 10.0. The number of hydrogen-bond donors (Lipinski definition) is 0. The number of rotatable bonds is 7. The molecular formula is C22H23ClN4OS2. The van der Waals surface area contributed by atoms with Gasteiger partial charge < -0.3 is 4.57 Å². The van der Waals surface area contributed by atoms with Crippen LogP contribution in [-0.2, 0) is 11.3 Å². The number of benzene rings is 1. The van der Waals surface area contributed by atoms with E-state index in [0.717, 1.165) is 33.2 Å². The maximum atomic E-state index is 13.1. The molecule has 0 unspecified atom stereocenters. The predicted octanol–water partition coefficient (Wildman–Crippen LogP) is 5.73. The average molecular weight is 459 g/mol. The van der Waals surface area contributed by atoms with Crippen molar-refractivity contribution in [1.82, 2.24) is 14.5 Å². The molecule has 0 aliphatic rings. The quantitative estimate of drug-likeness (QED) is 0.332. The molecule has 5 nitrogen and oxygen atoms in total. The summed E-state index contributed by atoms with van der Waals surface area (Å²) in [6, 6.07) is 8.19. The first-order valence-corrected chi connectivity index (χ1v) is 11.2. The van der Waals surface area contributed by atoms with Crippen molar-refractivity contribution in [2.45, 2.75) is 26.8 Å². The highest BCUT2D eigenvalue weighted by Crippen LogP contribution is 2.32. The van der Waals surface area contributed by atoms with E-state index in [1.54, 1.807) is 46.2 Å². The Morgan fingerprint density at radius 3 is 2.87 bits per heavy atom. The maximum absolute atomic E-state index is 13.1. The van der Waals surface area contributed by atoms with E-state index < -0.39 is 0 Å². The van der Waals surface area contributed by atoms with E-state index in [0.29, 0.717) is 6.54 Å². The zero-order chi connectivity index (χ0) is 20.2. The van der Waals surface area contributed by atoms with Crippen molar-refractivity contribution in [2.24, 2.45) is 0 Å². The lowest BCUT2D eigenvalue weighted by Crippen LogP contribution is -2.30. The lowest BCUT2D eigenvalue weighted by atomic mass is 10.1. The van der Waals surface area contributed by atoms with Gasteiger partial charge in [0.1, 0.15) is 0 Å². The summed E-state index contributed by atoms with van der Waals surface area (Å²) in [4.78, 5) is 24.8. The first kappa shape index (κ1) is 22.2. The molecule has 0 fully saturated rings. The largest absolute Gasteiger partial charge is 0.337 e. The van der Waals surface area contributed by atoms with Gasteiger partial charge in [-0.1, -0.05) is 23.5 Å². The Labute approximate surface area is 190 Å². The number of fused-ring (bicyclic) bond motifs is 1. The number of imidazole rings is 1. The van der Waals surface area contributed by atoms with Crippen molar-refractivity contribution in [3.8, 4) is 0 Å². The molecule has 3 aromatic heterocycles. The fraction of sp³-hybridized carbons (Fsp3) is 0.227. The van der Waals surface area contributed by atoms with Crippen LogP contribution in [0.1, 0.15) is 22.4 Å². The van der Waals surface area contributed by atoms with Crippen molar-refractivity contribution in [2.75, 3.05) is 11.4 Å². The third kappa shape index (κ3) is 4.98. The van der Waals surface area contributed by atoms with Gasteiger partial charge in [0, 0.05) is 36.4 Å². The molecule has 156 valence electrons. The predicted molar refractivity (Wildman–Crippen MR) is 129 cm³/mol. The second-order valence-corrected chi connectivity index (χ2v) is 8.83. The summed E-state index contributed by atoms with van der Waals surface area (Å²) in [6.07, 6.45) is 9.85. The van der Waals surface area contributed by atoms with Crippen LogP contribution in [0.3, 0.4) is 0 Å². The molecule has 1 amide bonds. The average Bonchev–Trinajstić information content (AvgIpc) is 3.48. The third-order valence-electron chi connectivity index (χ3n) is 4.86. The number of aromatic nitrogens is 3. The van der Waals surface area contributed by atoms with Crippen LogP contribution in [-0.4, -0.2) is 27.0 Å². The highest BCUT2D eigenvalue weighted by Gasteiger charge is 2.18. The van der Waals surface area contributed by atoms with Crippen molar-refractivity contribution in [3.05, 3.63) is 70.4 Å². The fourth-order valence-corrected chi connectivity index (χ4v) is 4.76. The molecule has 0 aliphatic heterocycles. The molecule has 3 heterocycles. The molecule has 1 aromatic carbocycles. The molecule has 0 saturated carbocycles.